The number of ether oxygens (including phenoxy) is 1. The molecule has 1 heteroatoms. The molecule has 0 fully saturated rings. The fourth-order valence-corrected chi connectivity index (χ4v) is 2.99. The van der Waals surface area contributed by atoms with Crippen LogP contribution >= 0.6 is 0 Å². The first-order chi connectivity index (χ1) is 10.2. The summed E-state index contributed by atoms with van der Waals surface area (Å²) in [4.78, 5) is 0. The van der Waals surface area contributed by atoms with Crippen molar-refractivity contribution in [2.75, 3.05) is 6.61 Å². The largest absolute Gasteiger partial charge is 0.493 e. The minimum Gasteiger partial charge on any atom is -0.493 e. The van der Waals surface area contributed by atoms with Gasteiger partial charge in [-0.1, -0.05) is 48.5 Å². The van der Waals surface area contributed by atoms with Crippen LogP contribution in [0.25, 0.3) is 21.9 Å². The van der Waals surface area contributed by atoms with Crippen LogP contribution in [0.15, 0.2) is 54.6 Å². The molecule has 0 aromatic heterocycles. The topological polar surface area (TPSA) is 9.23 Å². The molecule has 1 nitrogen and oxygen atoms in total. The van der Waals surface area contributed by atoms with E-state index in [0.29, 0.717) is 6.61 Å². The predicted octanol–water partition coefficient (Wildman–Crippen LogP) is 5.52. The molecule has 21 heavy (non-hydrogen) atoms. The highest BCUT2D eigenvalue weighted by molar-refractivity contribution is 6.01. The number of benzene rings is 3. The Balaban J connectivity index is 2.41. The number of hydrogen-bond donors (Lipinski definition) is 0. The van der Waals surface area contributed by atoms with Crippen molar-refractivity contribution in [2.24, 2.45) is 0 Å². The highest BCUT2D eigenvalue weighted by Crippen LogP contribution is 2.40. The quantitative estimate of drug-likeness (QED) is 0.611. The van der Waals surface area contributed by atoms with Gasteiger partial charge in [0.15, 0.2) is 0 Å². The lowest BCUT2D eigenvalue weighted by atomic mass is 9.91. The van der Waals surface area contributed by atoms with E-state index in [0.717, 1.165) is 5.75 Å². The van der Waals surface area contributed by atoms with Gasteiger partial charge in [-0.25, -0.2) is 0 Å². The summed E-state index contributed by atoms with van der Waals surface area (Å²) in [6.07, 6.45) is 0. The smallest absolute Gasteiger partial charge is 0.127 e. The van der Waals surface area contributed by atoms with Gasteiger partial charge < -0.3 is 4.74 Å². The van der Waals surface area contributed by atoms with Crippen molar-refractivity contribution in [3.63, 3.8) is 0 Å². The summed E-state index contributed by atoms with van der Waals surface area (Å²) in [5, 5.41) is 2.50. The summed E-state index contributed by atoms with van der Waals surface area (Å²) in [5.74, 6) is 0.966. The van der Waals surface area contributed by atoms with Crippen LogP contribution in [-0.2, 0) is 0 Å². The Morgan fingerprint density at radius 2 is 1.48 bits per heavy atom. The van der Waals surface area contributed by atoms with Crippen LogP contribution in [0.2, 0.25) is 0 Å². The van der Waals surface area contributed by atoms with Crippen LogP contribution in [0.3, 0.4) is 0 Å². The third kappa shape index (κ3) is 2.40. The first kappa shape index (κ1) is 13.7. The minimum absolute atomic E-state index is 0.677. The Kier molecular flexibility index (Phi) is 3.66. The molecule has 0 N–H and O–H groups in total. The first-order valence-electron chi connectivity index (χ1n) is 7.43. The molecule has 0 amide bonds. The molecule has 0 unspecified atom stereocenters. The Hall–Kier alpha value is -2.28. The lowest BCUT2D eigenvalue weighted by molar-refractivity contribution is 0.342. The van der Waals surface area contributed by atoms with Crippen LogP contribution in [0.5, 0.6) is 5.75 Å². The molecule has 0 bridgehead atoms. The summed E-state index contributed by atoms with van der Waals surface area (Å²) in [5.41, 5.74) is 5.07. The molecule has 0 aliphatic rings. The number of hydrogen-bond acceptors (Lipinski definition) is 1. The second-order valence-electron chi connectivity index (χ2n) is 5.36. The molecule has 0 aliphatic carbocycles. The lowest BCUT2D eigenvalue weighted by Crippen LogP contribution is -1.97. The molecule has 0 atom stereocenters. The standard InChI is InChI=1S/C20H20O/c1-4-21-18-13-12-16-10-5-6-11-17(16)20(18)19-14(2)8-7-9-15(19)3/h5-13H,4H2,1-3H3. The number of fused-ring (bicyclic) bond motifs is 1. The molecule has 0 saturated heterocycles. The maximum atomic E-state index is 5.91. The van der Waals surface area contributed by atoms with Crippen LogP contribution in [0.4, 0.5) is 0 Å². The normalized spacial score (nSPS) is 10.8. The Bertz CT molecular complexity index is 767. The Morgan fingerprint density at radius 1 is 0.762 bits per heavy atom. The second kappa shape index (κ2) is 5.61. The molecule has 3 aromatic carbocycles. The summed E-state index contributed by atoms with van der Waals surface area (Å²) >= 11 is 0. The maximum absolute atomic E-state index is 5.91. The van der Waals surface area contributed by atoms with Crippen molar-refractivity contribution < 1.29 is 4.74 Å². The third-order valence-corrected chi connectivity index (χ3v) is 3.92. The molecule has 106 valence electrons. The van der Waals surface area contributed by atoms with E-state index in [-0.39, 0.29) is 0 Å². The van der Waals surface area contributed by atoms with E-state index in [9.17, 15) is 0 Å². The van der Waals surface area contributed by atoms with Crippen molar-refractivity contribution in [2.45, 2.75) is 20.8 Å². The van der Waals surface area contributed by atoms with E-state index in [1.54, 1.807) is 0 Å². The zero-order valence-corrected chi connectivity index (χ0v) is 12.8. The molecule has 0 aliphatic heterocycles. The van der Waals surface area contributed by atoms with Crippen molar-refractivity contribution in [1.29, 1.82) is 0 Å². The van der Waals surface area contributed by atoms with Crippen LogP contribution in [-0.4, -0.2) is 6.61 Å². The van der Waals surface area contributed by atoms with Crippen molar-refractivity contribution >= 4 is 10.8 Å². The maximum Gasteiger partial charge on any atom is 0.127 e. The first-order valence-corrected chi connectivity index (χ1v) is 7.43. The van der Waals surface area contributed by atoms with Crippen molar-refractivity contribution in [1.82, 2.24) is 0 Å². The van der Waals surface area contributed by atoms with E-state index in [1.165, 1.54) is 33.0 Å². The summed E-state index contributed by atoms with van der Waals surface area (Å²) in [6, 6.07) is 19.2. The van der Waals surface area contributed by atoms with E-state index in [2.05, 4.69) is 68.4 Å². The SMILES string of the molecule is CCOc1ccc2ccccc2c1-c1c(C)cccc1C. The average Bonchev–Trinajstić information content (AvgIpc) is 2.49. The molecule has 0 saturated carbocycles. The van der Waals surface area contributed by atoms with Crippen molar-refractivity contribution in [3.05, 3.63) is 65.7 Å². The minimum atomic E-state index is 0.677. The van der Waals surface area contributed by atoms with Gasteiger partial charge in [-0.3, -0.25) is 0 Å². The van der Waals surface area contributed by atoms with Crippen molar-refractivity contribution in [3.8, 4) is 16.9 Å². The monoisotopic (exact) mass is 276 g/mol. The summed E-state index contributed by atoms with van der Waals surface area (Å²) in [7, 11) is 0. The molecule has 0 radical (unpaired) electrons. The van der Waals surface area contributed by atoms with Crippen LogP contribution in [0.1, 0.15) is 18.1 Å². The predicted molar refractivity (Wildman–Crippen MR) is 90.0 cm³/mol. The van der Waals surface area contributed by atoms with Gasteiger partial charge >= 0.3 is 0 Å². The van der Waals surface area contributed by atoms with E-state index < -0.39 is 0 Å². The fourth-order valence-electron chi connectivity index (χ4n) is 2.99. The Labute approximate surface area is 126 Å². The molecular weight excluding hydrogens is 256 g/mol. The van der Waals surface area contributed by atoms with Gasteiger partial charge in [0.2, 0.25) is 0 Å². The Morgan fingerprint density at radius 3 is 2.19 bits per heavy atom. The van der Waals surface area contributed by atoms with Gasteiger partial charge in [0.25, 0.3) is 0 Å². The zero-order chi connectivity index (χ0) is 14.8. The molecule has 3 rings (SSSR count). The fraction of sp³-hybridized carbons (Fsp3) is 0.200. The lowest BCUT2D eigenvalue weighted by Gasteiger charge is -2.17. The average molecular weight is 276 g/mol. The number of rotatable bonds is 3. The van der Waals surface area contributed by atoms with E-state index in [1.807, 2.05) is 6.92 Å². The number of aryl methyl sites for hydroxylation is 2. The highest BCUT2D eigenvalue weighted by Gasteiger charge is 2.14. The van der Waals surface area contributed by atoms with Gasteiger partial charge in [0.1, 0.15) is 5.75 Å². The van der Waals surface area contributed by atoms with Crippen LogP contribution in [0, 0.1) is 13.8 Å². The van der Waals surface area contributed by atoms with Crippen LogP contribution < -0.4 is 4.74 Å². The van der Waals surface area contributed by atoms with E-state index >= 15 is 0 Å². The van der Waals surface area contributed by atoms with E-state index in [4.69, 9.17) is 4.74 Å². The van der Waals surface area contributed by atoms with Gasteiger partial charge in [0, 0.05) is 5.56 Å². The summed E-state index contributed by atoms with van der Waals surface area (Å²) < 4.78 is 5.91. The highest BCUT2D eigenvalue weighted by atomic mass is 16.5. The molecule has 0 heterocycles. The zero-order valence-electron chi connectivity index (χ0n) is 12.8. The molecular formula is C20H20O. The van der Waals surface area contributed by atoms with Gasteiger partial charge in [-0.2, -0.15) is 0 Å². The third-order valence-electron chi connectivity index (χ3n) is 3.92. The van der Waals surface area contributed by atoms with Gasteiger partial charge in [-0.15, -0.1) is 0 Å². The molecule has 3 aromatic rings. The summed E-state index contributed by atoms with van der Waals surface area (Å²) in [6.45, 7) is 7.04. The molecule has 0 spiro atoms. The van der Waals surface area contributed by atoms with Gasteiger partial charge in [0.05, 0.1) is 6.61 Å². The second-order valence-corrected chi connectivity index (χ2v) is 5.36. The van der Waals surface area contributed by atoms with Gasteiger partial charge in [-0.05, 0) is 54.3 Å².